The van der Waals surface area contributed by atoms with E-state index < -0.39 is 5.54 Å². The van der Waals surface area contributed by atoms with Crippen LogP contribution in [0.3, 0.4) is 0 Å². The van der Waals surface area contributed by atoms with Crippen LogP contribution in [0.2, 0.25) is 5.15 Å². The normalized spacial score (nSPS) is 17.3. The summed E-state index contributed by atoms with van der Waals surface area (Å²) < 4.78 is 0. The monoisotopic (exact) mass is 304 g/mol. The number of hydrogen-bond donors (Lipinski definition) is 0. The molecule has 0 bridgehead atoms. The van der Waals surface area contributed by atoms with Crippen LogP contribution in [0.5, 0.6) is 0 Å². The van der Waals surface area contributed by atoms with Gasteiger partial charge in [-0.2, -0.15) is 0 Å². The van der Waals surface area contributed by atoms with Gasteiger partial charge in [0, 0.05) is 19.5 Å². The van der Waals surface area contributed by atoms with Gasteiger partial charge in [-0.3, -0.25) is 4.79 Å². The molecule has 0 saturated carbocycles. The number of rotatable bonds is 0. The fraction of sp³-hybridized carbons (Fsp3) is 0.400. The van der Waals surface area contributed by atoms with Crippen LogP contribution in [0, 0.1) is 6.92 Å². The largest absolute Gasteiger partial charge is 0.359 e. The van der Waals surface area contributed by atoms with Gasteiger partial charge in [0.2, 0.25) is 0 Å². The fourth-order valence-electron chi connectivity index (χ4n) is 2.73. The second kappa shape index (κ2) is 4.31. The maximum Gasteiger partial charge on any atom is 0.252 e. The van der Waals surface area contributed by atoms with Gasteiger partial charge in [-0.15, -0.1) is 0 Å². The molecule has 1 aromatic heterocycles. The summed E-state index contributed by atoms with van der Waals surface area (Å²) >= 11 is 6.21. The first-order chi connectivity index (χ1) is 9.73. The lowest BCUT2D eigenvalue weighted by Crippen LogP contribution is -2.57. The molecule has 0 spiro atoms. The van der Waals surface area contributed by atoms with Crippen LogP contribution < -0.4 is 9.80 Å². The molecule has 0 fully saturated rings. The van der Waals surface area contributed by atoms with E-state index in [0.717, 1.165) is 22.3 Å². The molecule has 0 saturated heterocycles. The molecule has 21 heavy (non-hydrogen) atoms. The van der Waals surface area contributed by atoms with Crippen molar-refractivity contribution >= 4 is 39.8 Å². The lowest BCUT2D eigenvalue weighted by atomic mass is 9.95. The molecule has 0 atom stereocenters. The number of aryl methyl sites for hydroxylation is 1. The highest BCUT2D eigenvalue weighted by Gasteiger charge is 2.41. The highest BCUT2D eigenvalue weighted by atomic mass is 35.5. The number of benzene rings is 1. The number of amides is 1. The number of nitrogens with zero attached hydrogens (tertiary/aromatic N) is 4. The molecule has 2 heterocycles. The van der Waals surface area contributed by atoms with Crippen molar-refractivity contribution in [2.24, 2.45) is 0 Å². The van der Waals surface area contributed by atoms with Crippen LogP contribution in [0.4, 0.5) is 11.4 Å². The predicted octanol–water partition coefficient (Wildman–Crippen LogP) is 2.78. The van der Waals surface area contributed by atoms with E-state index in [4.69, 9.17) is 11.6 Å². The topological polar surface area (TPSA) is 49.3 Å². The SMILES string of the molecule is Cc1nc(Cl)c2cc3c(cc2n1)N(C)C(C)(C)C(=O)N3C. The lowest BCUT2D eigenvalue weighted by molar-refractivity contribution is -0.122. The smallest absolute Gasteiger partial charge is 0.252 e. The number of aromatic nitrogens is 2. The number of anilines is 2. The van der Waals surface area contributed by atoms with E-state index in [0.29, 0.717) is 11.0 Å². The molecule has 110 valence electrons. The van der Waals surface area contributed by atoms with E-state index in [-0.39, 0.29) is 5.91 Å². The third-order valence-electron chi connectivity index (χ3n) is 4.25. The predicted molar refractivity (Wildman–Crippen MR) is 85.2 cm³/mol. The molecule has 1 aliphatic heterocycles. The second-order valence-corrected chi connectivity index (χ2v) is 6.26. The summed E-state index contributed by atoms with van der Waals surface area (Å²) in [5.74, 6) is 0.676. The zero-order valence-electron chi connectivity index (χ0n) is 12.7. The standard InChI is InChI=1S/C15H17ClN4O/c1-8-17-10-7-12-11(6-9(10)13(16)18-8)19(4)14(21)15(2,3)20(12)5/h6-7H,1-5H3. The van der Waals surface area contributed by atoms with Gasteiger partial charge in [0.1, 0.15) is 16.5 Å². The molecule has 3 rings (SSSR count). The van der Waals surface area contributed by atoms with Crippen molar-refractivity contribution < 1.29 is 4.79 Å². The summed E-state index contributed by atoms with van der Waals surface area (Å²) in [7, 11) is 3.70. The quantitative estimate of drug-likeness (QED) is 0.702. The minimum atomic E-state index is -0.596. The van der Waals surface area contributed by atoms with E-state index in [9.17, 15) is 4.79 Å². The molecule has 5 nitrogen and oxygen atoms in total. The average Bonchev–Trinajstić information content (AvgIpc) is 2.42. The van der Waals surface area contributed by atoms with E-state index in [1.165, 1.54) is 0 Å². The van der Waals surface area contributed by atoms with Crippen molar-refractivity contribution in [3.63, 3.8) is 0 Å². The third kappa shape index (κ3) is 1.87. The van der Waals surface area contributed by atoms with Crippen LogP contribution >= 0.6 is 11.6 Å². The van der Waals surface area contributed by atoms with Crippen molar-refractivity contribution in [3.8, 4) is 0 Å². The van der Waals surface area contributed by atoms with E-state index in [2.05, 4.69) is 9.97 Å². The zero-order valence-corrected chi connectivity index (χ0v) is 13.5. The number of carbonyl (C=O) groups is 1. The summed E-state index contributed by atoms with van der Waals surface area (Å²) in [5, 5.41) is 1.17. The van der Waals surface area contributed by atoms with E-state index in [1.54, 1.807) is 11.9 Å². The Morgan fingerprint density at radius 3 is 2.48 bits per heavy atom. The van der Waals surface area contributed by atoms with Gasteiger partial charge in [0.05, 0.1) is 16.9 Å². The first kappa shape index (κ1) is 14.1. The summed E-state index contributed by atoms with van der Waals surface area (Å²) in [6, 6.07) is 3.85. The van der Waals surface area contributed by atoms with Gasteiger partial charge in [0.15, 0.2) is 0 Å². The van der Waals surface area contributed by atoms with Gasteiger partial charge in [-0.05, 0) is 32.9 Å². The molecule has 0 N–H and O–H groups in total. The first-order valence-corrected chi connectivity index (χ1v) is 7.11. The van der Waals surface area contributed by atoms with Gasteiger partial charge >= 0.3 is 0 Å². The zero-order chi connectivity index (χ0) is 15.5. The Balaban J connectivity index is 2.35. The Labute approximate surface area is 128 Å². The van der Waals surface area contributed by atoms with Crippen LogP contribution in [0.15, 0.2) is 12.1 Å². The highest BCUT2D eigenvalue weighted by molar-refractivity contribution is 6.34. The maximum absolute atomic E-state index is 12.5. The Morgan fingerprint density at radius 2 is 1.81 bits per heavy atom. The maximum atomic E-state index is 12.5. The van der Waals surface area contributed by atoms with Crippen LogP contribution in [0.25, 0.3) is 10.9 Å². The van der Waals surface area contributed by atoms with Crippen molar-refractivity contribution in [1.29, 1.82) is 0 Å². The van der Waals surface area contributed by atoms with Gasteiger partial charge in [-0.1, -0.05) is 11.6 Å². The van der Waals surface area contributed by atoms with Crippen LogP contribution in [-0.2, 0) is 4.79 Å². The van der Waals surface area contributed by atoms with Crippen molar-refractivity contribution in [2.45, 2.75) is 26.3 Å². The molecular formula is C15H17ClN4O. The Hall–Kier alpha value is -1.88. The minimum absolute atomic E-state index is 0.0426. The summed E-state index contributed by atoms with van der Waals surface area (Å²) in [5.41, 5.74) is 1.98. The van der Waals surface area contributed by atoms with Crippen molar-refractivity contribution in [1.82, 2.24) is 9.97 Å². The van der Waals surface area contributed by atoms with Crippen LogP contribution in [-0.4, -0.2) is 35.5 Å². The summed E-state index contributed by atoms with van der Waals surface area (Å²) in [6.45, 7) is 5.64. The molecular weight excluding hydrogens is 288 g/mol. The molecule has 1 amide bonds. The second-order valence-electron chi connectivity index (χ2n) is 5.90. The lowest BCUT2D eigenvalue weighted by Gasteiger charge is -2.45. The molecule has 0 aliphatic carbocycles. The molecule has 1 aliphatic rings. The number of halogens is 1. The Kier molecular flexibility index (Phi) is 2.89. The summed E-state index contributed by atoms with van der Waals surface area (Å²) in [4.78, 5) is 24.8. The number of hydrogen-bond acceptors (Lipinski definition) is 4. The fourth-order valence-corrected chi connectivity index (χ4v) is 3.00. The highest BCUT2D eigenvalue weighted by Crippen LogP contribution is 2.41. The summed E-state index contributed by atoms with van der Waals surface area (Å²) in [6.07, 6.45) is 0. The molecule has 2 aromatic rings. The van der Waals surface area contributed by atoms with Crippen molar-refractivity contribution in [3.05, 3.63) is 23.1 Å². The van der Waals surface area contributed by atoms with Crippen molar-refractivity contribution in [2.75, 3.05) is 23.9 Å². The minimum Gasteiger partial charge on any atom is -0.359 e. The Morgan fingerprint density at radius 1 is 1.14 bits per heavy atom. The average molecular weight is 305 g/mol. The van der Waals surface area contributed by atoms with E-state index in [1.807, 2.05) is 44.9 Å². The first-order valence-electron chi connectivity index (χ1n) is 6.73. The van der Waals surface area contributed by atoms with Gasteiger partial charge in [0.25, 0.3) is 5.91 Å². The molecule has 0 radical (unpaired) electrons. The molecule has 1 aromatic carbocycles. The van der Waals surface area contributed by atoms with Crippen LogP contribution in [0.1, 0.15) is 19.7 Å². The number of carbonyl (C=O) groups excluding carboxylic acids is 1. The third-order valence-corrected chi connectivity index (χ3v) is 4.53. The van der Waals surface area contributed by atoms with Gasteiger partial charge < -0.3 is 9.80 Å². The molecule has 0 unspecified atom stereocenters. The number of likely N-dealkylation sites (N-methyl/N-ethyl adjacent to an activating group) is 2. The Bertz CT molecular complexity index is 772. The van der Waals surface area contributed by atoms with Gasteiger partial charge in [-0.25, -0.2) is 9.97 Å². The molecule has 6 heteroatoms. The van der Waals surface area contributed by atoms with E-state index >= 15 is 0 Å². The number of fused-ring (bicyclic) bond motifs is 2.